The fourth-order valence-corrected chi connectivity index (χ4v) is 1.70. The molecule has 1 atom stereocenters. The minimum Gasteiger partial charge on any atom is -0.469 e. The number of aryl methyl sites for hydroxylation is 1. The number of methoxy groups -OCH3 is 1. The number of unbranched alkanes of at least 4 members (excludes halogenated alkanes) is 1. The number of hydrogen-bond acceptors (Lipinski definition) is 3. The average Bonchev–Trinajstić information content (AvgIpc) is 2.77. The van der Waals surface area contributed by atoms with Crippen LogP contribution in [-0.4, -0.2) is 22.9 Å². The van der Waals surface area contributed by atoms with Gasteiger partial charge in [-0.3, -0.25) is 9.48 Å². The van der Waals surface area contributed by atoms with E-state index in [1.165, 1.54) is 7.11 Å². The van der Waals surface area contributed by atoms with E-state index in [0.29, 0.717) is 0 Å². The van der Waals surface area contributed by atoms with Crippen molar-refractivity contribution in [2.45, 2.75) is 45.6 Å². The first-order valence-electron chi connectivity index (χ1n) is 5.83. The fourth-order valence-electron chi connectivity index (χ4n) is 1.70. The SMILES string of the molecule is CCCCC(C(=O)OC)c1cnn(CC)c1. The van der Waals surface area contributed by atoms with Crippen molar-refractivity contribution in [3.05, 3.63) is 18.0 Å². The highest BCUT2D eigenvalue weighted by molar-refractivity contribution is 5.77. The van der Waals surface area contributed by atoms with Gasteiger partial charge in [0.1, 0.15) is 0 Å². The number of esters is 1. The molecule has 0 N–H and O–H groups in total. The lowest BCUT2D eigenvalue weighted by Crippen LogP contribution is -2.13. The topological polar surface area (TPSA) is 44.1 Å². The summed E-state index contributed by atoms with van der Waals surface area (Å²) in [5, 5.41) is 4.19. The van der Waals surface area contributed by atoms with Crippen LogP contribution in [0.3, 0.4) is 0 Å². The number of carbonyl (C=O) groups excluding carboxylic acids is 1. The molecule has 0 saturated heterocycles. The van der Waals surface area contributed by atoms with Crippen LogP contribution in [-0.2, 0) is 16.1 Å². The highest BCUT2D eigenvalue weighted by atomic mass is 16.5. The molecule has 90 valence electrons. The lowest BCUT2D eigenvalue weighted by molar-refractivity contribution is -0.142. The van der Waals surface area contributed by atoms with Gasteiger partial charge in [-0.05, 0) is 13.3 Å². The zero-order valence-electron chi connectivity index (χ0n) is 10.3. The molecular formula is C12H20N2O2. The molecule has 0 radical (unpaired) electrons. The van der Waals surface area contributed by atoms with Gasteiger partial charge >= 0.3 is 5.97 Å². The minimum atomic E-state index is -0.163. The summed E-state index contributed by atoms with van der Waals surface area (Å²) in [7, 11) is 1.44. The molecule has 4 nitrogen and oxygen atoms in total. The van der Waals surface area contributed by atoms with E-state index in [1.807, 2.05) is 17.8 Å². The number of ether oxygens (including phenoxy) is 1. The Morgan fingerprint density at radius 1 is 1.56 bits per heavy atom. The Hall–Kier alpha value is -1.32. The largest absolute Gasteiger partial charge is 0.469 e. The second-order valence-corrected chi connectivity index (χ2v) is 3.85. The fraction of sp³-hybridized carbons (Fsp3) is 0.667. The predicted molar refractivity (Wildman–Crippen MR) is 62.2 cm³/mol. The first-order valence-corrected chi connectivity index (χ1v) is 5.83. The van der Waals surface area contributed by atoms with E-state index in [-0.39, 0.29) is 11.9 Å². The molecule has 1 aromatic heterocycles. The molecule has 0 fully saturated rings. The van der Waals surface area contributed by atoms with Gasteiger partial charge < -0.3 is 4.74 Å². The first-order chi connectivity index (χ1) is 7.72. The van der Waals surface area contributed by atoms with Crippen LogP contribution in [0.25, 0.3) is 0 Å². The maximum absolute atomic E-state index is 11.7. The highest BCUT2D eigenvalue weighted by Gasteiger charge is 2.22. The standard InChI is InChI=1S/C12H20N2O2/c1-4-6-7-11(12(15)16-3)10-8-13-14(5-2)9-10/h8-9,11H,4-7H2,1-3H3. The smallest absolute Gasteiger partial charge is 0.313 e. The summed E-state index contributed by atoms with van der Waals surface area (Å²) in [4.78, 5) is 11.7. The van der Waals surface area contributed by atoms with E-state index in [4.69, 9.17) is 4.74 Å². The van der Waals surface area contributed by atoms with E-state index in [9.17, 15) is 4.79 Å². The molecule has 0 bridgehead atoms. The van der Waals surface area contributed by atoms with Crippen LogP contribution in [0.1, 0.15) is 44.6 Å². The Morgan fingerprint density at radius 3 is 2.81 bits per heavy atom. The lowest BCUT2D eigenvalue weighted by Gasteiger charge is -2.11. The molecule has 1 aromatic rings. The zero-order chi connectivity index (χ0) is 12.0. The molecule has 1 rings (SSSR count). The summed E-state index contributed by atoms with van der Waals surface area (Å²) in [6.07, 6.45) is 6.63. The molecule has 0 aliphatic carbocycles. The van der Waals surface area contributed by atoms with Crippen LogP contribution in [0.5, 0.6) is 0 Å². The third-order valence-electron chi connectivity index (χ3n) is 2.71. The monoisotopic (exact) mass is 224 g/mol. The normalized spacial score (nSPS) is 12.4. The van der Waals surface area contributed by atoms with Crippen LogP contribution >= 0.6 is 0 Å². The van der Waals surface area contributed by atoms with Gasteiger partial charge in [0, 0.05) is 18.3 Å². The molecule has 0 aliphatic heterocycles. The van der Waals surface area contributed by atoms with E-state index in [1.54, 1.807) is 6.20 Å². The van der Waals surface area contributed by atoms with E-state index in [0.717, 1.165) is 31.4 Å². The maximum atomic E-state index is 11.7. The van der Waals surface area contributed by atoms with Crippen molar-refractivity contribution >= 4 is 5.97 Å². The Bertz CT molecular complexity index is 334. The van der Waals surface area contributed by atoms with Crippen LogP contribution in [0.2, 0.25) is 0 Å². The minimum absolute atomic E-state index is 0.162. The number of aromatic nitrogens is 2. The second-order valence-electron chi connectivity index (χ2n) is 3.85. The number of nitrogens with zero attached hydrogens (tertiary/aromatic N) is 2. The maximum Gasteiger partial charge on any atom is 0.313 e. The summed E-state index contributed by atoms with van der Waals surface area (Å²) >= 11 is 0. The third kappa shape index (κ3) is 3.08. The van der Waals surface area contributed by atoms with E-state index < -0.39 is 0 Å². The summed E-state index contributed by atoms with van der Waals surface area (Å²) in [5.41, 5.74) is 0.960. The molecule has 0 saturated carbocycles. The van der Waals surface area contributed by atoms with Gasteiger partial charge in [0.15, 0.2) is 0 Å². The van der Waals surface area contributed by atoms with E-state index >= 15 is 0 Å². The van der Waals surface area contributed by atoms with Crippen LogP contribution in [0, 0.1) is 0 Å². The van der Waals surface area contributed by atoms with Gasteiger partial charge in [-0.1, -0.05) is 19.8 Å². The molecule has 16 heavy (non-hydrogen) atoms. The second kappa shape index (κ2) is 6.30. The van der Waals surface area contributed by atoms with Crippen molar-refractivity contribution < 1.29 is 9.53 Å². The summed E-state index contributed by atoms with van der Waals surface area (Å²) in [6.45, 7) is 4.96. The number of carbonyl (C=O) groups is 1. The predicted octanol–water partition coefficient (Wildman–Crippen LogP) is 2.35. The summed E-state index contributed by atoms with van der Waals surface area (Å²) in [6, 6.07) is 0. The van der Waals surface area contributed by atoms with Gasteiger partial charge in [-0.2, -0.15) is 5.10 Å². The molecule has 0 amide bonds. The molecule has 0 aromatic carbocycles. The van der Waals surface area contributed by atoms with Crippen molar-refractivity contribution in [2.75, 3.05) is 7.11 Å². The molecular weight excluding hydrogens is 204 g/mol. The Morgan fingerprint density at radius 2 is 2.31 bits per heavy atom. The quantitative estimate of drug-likeness (QED) is 0.697. The summed E-state index contributed by atoms with van der Waals surface area (Å²) in [5.74, 6) is -0.325. The van der Waals surface area contributed by atoms with Gasteiger partial charge in [0.05, 0.1) is 19.2 Å². The first kappa shape index (κ1) is 12.7. The van der Waals surface area contributed by atoms with Crippen LogP contribution < -0.4 is 0 Å². The number of hydrogen-bond donors (Lipinski definition) is 0. The lowest BCUT2D eigenvalue weighted by atomic mass is 9.96. The molecule has 0 spiro atoms. The number of rotatable bonds is 6. The van der Waals surface area contributed by atoms with Gasteiger partial charge in [0.25, 0.3) is 0 Å². The van der Waals surface area contributed by atoms with Crippen LogP contribution in [0.4, 0.5) is 0 Å². The van der Waals surface area contributed by atoms with Gasteiger partial charge in [-0.25, -0.2) is 0 Å². The van der Waals surface area contributed by atoms with Crippen molar-refractivity contribution in [3.63, 3.8) is 0 Å². The zero-order valence-corrected chi connectivity index (χ0v) is 10.3. The molecule has 1 unspecified atom stereocenters. The Labute approximate surface area is 96.6 Å². The molecule has 4 heteroatoms. The molecule has 0 aliphatic rings. The van der Waals surface area contributed by atoms with Gasteiger partial charge in [0.2, 0.25) is 0 Å². The Balaban J connectivity index is 2.78. The van der Waals surface area contributed by atoms with Gasteiger partial charge in [-0.15, -0.1) is 0 Å². The third-order valence-corrected chi connectivity index (χ3v) is 2.71. The van der Waals surface area contributed by atoms with Crippen molar-refractivity contribution in [1.29, 1.82) is 0 Å². The summed E-state index contributed by atoms with van der Waals surface area (Å²) < 4.78 is 6.66. The Kier molecular flexibility index (Phi) is 5.02. The highest BCUT2D eigenvalue weighted by Crippen LogP contribution is 2.23. The van der Waals surface area contributed by atoms with Crippen molar-refractivity contribution in [2.24, 2.45) is 0 Å². The van der Waals surface area contributed by atoms with Crippen molar-refractivity contribution in [1.82, 2.24) is 9.78 Å². The van der Waals surface area contributed by atoms with Crippen molar-refractivity contribution in [3.8, 4) is 0 Å². The van der Waals surface area contributed by atoms with Crippen LogP contribution in [0.15, 0.2) is 12.4 Å². The average molecular weight is 224 g/mol. The molecule has 1 heterocycles. The van der Waals surface area contributed by atoms with E-state index in [2.05, 4.69) is 12.0 Å².